The lowest BCUT2D eigenvalue weighted by atomic mass is 10.1. The van der Waals surface area contributed by atoms with E-state index in [0.29, 0.717) is 30.8 Å². The Morgan fingerprint density at radius 1 is 0.950 bits per heavy atom. The van der Waals surface area contributed by atoms with Crippen LogP contribution in [0.4, 0.5) is 0 Å². The van der Waals surface area contributed by atoms with E-state index in [1.807, 2.05) is 4.90 Å². The molecule has 3 heteroatoms. The number of nitrogens with zero attached hydrogens (tertiary/aromatic N) is 1. The quantitative estimate of drug-likeness (QED) is 0.330. The normalized spacial score (nSPS) is 11.1. The summed E-state index contributed by atoms with van der Waals surface area (Å²) in [7, 11) is 0. The lowest BCUT2D eigenvalue weighted by Crippen LogP contribution is -2.40. The van der Waals surface area contributed by atoms with Crippen molar-refractivity contribution in [2.24, 2.45) is 0 Å². The molecule has 0 aromatic rings. The molecule has 0 saturated carbocycles. The van der Waals surface area contributed by atoms with Crippen molar-refractivity contribution in [1.82, 2.24) is 4.90 Å². The van der Waals surface area contributed by atoms with Crippen molar-refractivity contribution in [3.63, 3.8) is 0 Å². The van der Waals surface area contributed by atoms with E-state index in [1.54, 1.807) is 0 Å². The molecule has 0 heterocycles. The third-order valence-electron chi connectivity index (χ3n) is 4.02. The molecular formula is C17H34ClNO. The molecule has 0 aromatic heterocycles. The molecule has 0 fully saturated rings. The summed E-state index contributed by atoms with van der Waals surface area (Å²) >= 11 is 5.84. The molecule has 0 rings (SSSR count). The topological polar surface area (TPSA) is 20.3 Å². The summed E-state index contributed by atoms with van der Waals surface area (Å²) < 4.78 is 0. The number of unbranched alkanes of at least 4 members (excludes halogenated alkanes) is 6. The first-order valence-corrected chi connectivity index (χ1v) is 9.10. The van der Waals surface area contributed by atoms with Crippen molar-refractivity contribution in [3.8, 4) is 0 Å². The van der Waals surface area contributed by atoms with E-state index >= 15 is 0 Å². The van der Waals surface area contributed by atoms with E-state index in [-0.39, 0.29) is 0 Å². The highest BCUT2D eigenvalue weighted by molar-refractivity contribution is 6.18. The molecule has 0 aliphatic heterocycles. The monoisotopic (exact) mass is 303 g/mol. The van der Waals surface area contributed by atoms with Gasteiger partial charge in [-0.05, 0) is 19.3 Å². The van der Waals surface area contributed by atoms with Gasteiger partial charge in [-0.25, -0.2) is 0 Å². The number of carbonyl (C=O) groups excluding carboxylic acids is 1. The molecule has 0 unspecified atom stereocenters. The zero-order valence-electron chi connectivity index (χ0n) is 13.8. The van der Waals surface area contributed by atoms with E-state index < -0.39 is 0 Å². The average molecular weight is 304 g/mol. The third kappa shape index (κ3) is 8.84. The molecule has 0 spiro atoms. The summed E-state index contributed by atoms with van der Waals surface area (Å²) in [6.45, 7) is 7.23. The molecule has 0 bridgehead atoms. The molecule has 120 valence electrons. The Kier molecular flexibility index (Phi) is 13.6. The molecule has 0 N–H and O–H groups in total. The third-order valence-corrected chi connectivity index (χ3v) is 4.19. The molecule has 0 radical (unpaired) electrons. The van der Waals surface area contributed by atoms with Gasteiger partial charge >= 0.3 is 0 Å². The first-order valence-electron chi connectivity index (χ1n) is 8.56. The van der Waals surface area contributed by atoms with Gasteiger partial charge in [0.2, 0.25) is 5.91 Å². The van der Waals surface area contributed by atoms with Gasteiger partial charge in [0.1, 0.15) is 0 Å². The van der Waals surface area contributed by atoms with Crippen molar-refractivity contribution in [1.29, 1.82) is 0 Å². The van der Waals surface area contributed by atoms with Gasteiger partial charge in [-0.3, -0.25) is 4.79 Å². The van der Waals surface area contributed by atoms with Crippen molar-refractivity contribution in [2.75, 3.05) is 12.4 Å². The van der Waals surface area contributed by atoms with Gasteiger partial charge in [0.25, 0.3) is 0 Å². The van der Waals surface area contributed by atoms with Gasteiger partial charge in [-0.15, -0.1) is 11.6 Å². The minimum absolute atomic E-state index is 0.299. The standard InChI is InChI=1S/C17H34ClNO/c1-4-7-8-9-10-11-12-13-17(20)19(15-14-18)16(5-2)6-3/h16H,4-15H2,1-3H3. The number of hydrogen-bond acceptors (Lipinski definition) is 1. The molecule has 1 amide bonds. The maximum atomic E-state index is 12.3. The molecule has 0 aliphatic carbocycles. The molecule has 20 heavy (non-hydrogen) atoms. The maximum Gasteiger partial charge on any atom is 0.222 e. The zero-order valence-corrected chi connectivity index (χ0v) is 14.6. The first-order chi connectivity index (χ1) is 9.71. The van der Waals surface area contributed by atoms with Crippen molar-refractivity contribution in [3.05, 3.63) is 0 Å². The van der Waals surface area contributed by atoms with Gasteiger partial charge in [0.15, 0.2) is 0 Å². The van der Waals surface area contributed by atoms with Crippen LogP contribution in [0.5, 0.6) is 0 Å². The number of rotatable bonds is 13. The predicted octanol–water partition coefficient (Wildman–Crippen LogP) is 5.38. The zero-order chi connectivity index (χ0) is 15.2. The number of amides is 1. The number of halogens is 1. The summed E-state index contributed by atoms with van der Waals surface area (Å²) in [6.07, 6.45) is 11.5. The molecule has 2 nitrogen and oxygen atoms in total. The van der Waals surface area contributed by atoms with Crippen molar-refractivity contribution >= 4 is 17.5 Å². The molecule has 0 aromatic carbocycles. The summed E-state index contributed by atoms with van der Waals surface area (Å²) in [6, 6.07) is 0.366. The van der Waals surface area contributed by atoms with Crippen molar-refractivity contribution in [2.45, 2.75) is 91.0 Å². The van der Waals surface area contributed by atoms with E-state index in [2.05, 4.69) is 20.8 Å². The van der Waals surface area contributed by atoms with Gasteiger partial charge in [0.05, 0.1) is 0 Å². The molecule has 0 aliphatic rings. The van der Waals surface area contributed by atoms with Crippen LogP contribution >= 0.6 is 11.6 Å². The van der Waals surface area contributed by atoms with Gasteiger partial charge < -0.3 is 4.90 Å². The minimum Gasteiger partial charge on any atom is -0.339 e. The lowest BCUT2D eigenvalue weighted by molar-refractivity contribution is -0.133. The Morgan fingerprint density at radius 3 is 2.00 bits per heavy atom. The Labute approximate surface area is 131 Å². The molecule has 0 atom stereocenters. The average Bonchev–Trinajstić information content (AvgIpc) is 2.46. The summed E-state index contributed by atoms with van der Waals surface area (Å²) in [4.78, 5) is 14.3. The van der Waals surface area contributed by atoms with Crippen LogP contribution in [-0.4, -0.2) is 29.3 Å². The number of carbonyl (C=O) groups is 1. The molecular weight excluding hydrogens is 270 g/mol. The van der Waals surface area contributed by atoms with Crippen LogP contribution in [0.15, 0.2) is 0 Å². The van der Waals surface area contributed by atoms with E-state index in [0.717, 1.165) is 19.3 Å². The largest absolute Gasteiger partial charge is 0.339 e. The Hall–Kier alpha value is -0.240. The fourth-order valence-electron chi connectivity index (χ4n) is 2.71. The van der Waals surface area contributed by atoms with E-state index in [9.17, 15) is 4.79 Å². The highest BCUT2D eigenvalue weighted by Gasteiger charge is 2.19. The molecule has 0 saturated heterocycles. The Bertz CT molecular complexity index is 229. The van der Waals surface area contributed by atoms with Crippen LogP contribution in [0.1, 0.15) is 85.0 Å². The van der Waals surface area contributed by atoms with E-state index in [4.69, 9.17) is 11.6 Å². The minimum atomic E-state index is 0.299. The van der Waals surface area contributed by atoms with Crippen LogP contribution < -0.4 is 0 Å². The first kappa shape index (κ1) is 19.8. The van der Waals surface area contributed by atoms with Crippen molar-refractivity contribution < 1.29 is 4.79 Å². The van der Waals surface area contributed by atoms with Gasteiger partial charge in [-0.2, -0.15) is 0 Å². The SMILES string of the molecule is CCCCCCCCCC(=O)N(CCCl)C(CC)CC. The van der Waals surface area contributed by atoms with Crippen LogP contribution in [0, 0.1) is 0 Å². The fraction of sp³-hybridized carbons (Fsp3) is 0.941. The van der Waals surface area contributed by atoms with Gasteiger partial charge in [-0.1, -0.05) is 59.3 Å². The smallest absolute Gasteiger partial charge is 0.222 e. The van der Waals surface area contributed by atoms with E-state index in [1.165, 1.54) is 38.5 Å². The highest BCUT2D eigenvalue weighted by Crippen LogP contribution is 2.14. The summed E-state index contributed by atoms with van der Waals surface area (Å²) in [5.74, 6) is 0.840. The fourth-order valence-corrected chi connectivity index (χ4v) is 2.89. The van der Waals surface area contributed by atoms with Crippen LogP contribution in [-0.2, 0) is 4.79 Å². The Morgan fingerprint density at radius 2 is 1.50 bits per heavy atom. The van der Waals surface area contributed by atoms with Crippen LogP contribution in [0.3, 0.4) is 0 Å². The second-order valence-corrected chi connectivity index (χ2v) is 6.00. The van der Waals surface area contributed by atoms with Gasteiger partial charge in [0, 0.05) is 24.9 Å². The Balaban J connectivity index is 3.89. The van der Waals surface area contributed by atoms with Crippen LogP contribution in [0.25, 0.3) is 0 Å². The van der Waals surface area contributed by atoms with Crippen LogP contribution in [0.2, 0.25) is 0 Å². The summed E-state index contributed by atoms with van der Waals surface area (Å²) in [5, 5.41) is 0. The maximum absolute atomic E-state index is 12.3. The lowest BCUT2D eigenvalue weighted by Gasteiger charge is -2.30. The summed E-state index contributed by atoms with van der Waals surface area (Å²) in [5.41, 5.74) is 0. The number of hydrogen-bond donors (Lipinski definition) is 0. The second kappa shape index (κ2) is 13.7. The second-order valence-electron chi connectivity index (χ2n) is 5.62. The number of alkyl halides is 1. The predicted molar refractivity (Wildman–Crippen MR) is 89.4 cm³/mol. The highest BCUT2D eigenvalue weighted by atomic mass is 35.5.